The Balaban J connectivity index is 1.26. The van der Waals surface area contributed by atoms with E-state index in [2.05, 4.69) is 10.2 Å². The number of benzene rings is 2. The second-order valence-corrected chi connectivity index (χ2v) is 8.64. The van der Waals surface area contributed by atoms with E-state index >= 15 is 0 Å². The van der Waals surface area contributed by atoms with E-state index in [4.69, 9.17) is 14.2 Å². The topological polar surface area (TPSA) is 78.7 Å². The zero-order valence-electron chi connectivity index (χ0n) is 18.0. The molecule has 2 aromatic carbocycles. The highest BCUT2D eigenvalue weighted by atomic mass is 32.2. The first-order valence-electron chi connectivity index (χ1n) is 10.5. The van der Waals surface area contributed by atoms with Crippen molar-refractivity contribution >= 4 is 23.4 Å². The van der Waals surface area contributed by atoms with Crippen molar-refractivity contribution in [3.63, 3.8) is 0 Å². The van der Waals surface area contributed by atoms with Crippen molar-refractivity contribution < 1.29 is 19.0 Å². The number of thioether (sulfide) groups is 1. The summed E-state index contributed by atoms with van der Waals surface area (Å²) in [5.41, 5.74) is 2.11. The third kappa shape index (κ3) is 3.88. The van der Waals surface area contributed by atoms with Gasteiger partial charge in [-0.15, -0.1) is 10.2 Å². The molecule has 0 aliphatic carbocycles. The van der Waals surface area contributed by atoms with E-state index in [9.17, 15) is 4.79 Å². The maximum absolute atomic E-state index is 13.0. The van der Waals surface area contributed by atoms with Crippen LogP contribution in [0.5, 0.6) is 17.2 Å². The van der Waals surface area contributed by atoms with E-state index in [0.29, 0.717) is 23.3 Å². The van der Waals surface area contributed by atoms with Crippen molar-refractivity contribution in [3.8, 4) is 17.2 Å². The molecule has 0 saturated carbocycles. The van der Waals surface area contributed by atoms with Gasteiger partial charge in [-0.1, -0.05) is 23.9 Å². The quantitative estimate of drug-likeness (QED) is 0.549. The summed E-state index contributed by atoms with van der Waals surface area (Å²) < 4.78 is 19.0. The summed E-state index contributed by atoms with van der Waals surface area (Å²) >= 11 is 1.38. The van der Waals surface area contributed by atoms with Gasteiger partial charge in [-0.25, -0.2) is 0 Å². The number of ether oxygens (including phenoxy) is 3. The number of anilines is 1. The highest BCUT2D eigenvalue weighted by Gasteiger charge is 2.28. The van der Waals surface area contributed by atoms with Gasteiger partial charge >= 0.3 is 0 Å². The average molecular weight is 453 g/mol. The third-order valence-corrected chi connectivity index (χ3v) is 6.70. The minimum absolute atomic E-state index is 0.0526. The Morgan fingerprint density at radius 2 is 2.06 bits per heavy atom. The van der Waals surface area contributed by atoms with Crippen molar-refractivity contribution in [2.45, 2.75) is 24.1 Å². The fraction of sp³-hybridized carbons (Fsp3) is 0.348. The molecule has 5 rings (SSSR count). The molecule has 1 atom stereocenters. The molecule has 1 amide bonds. The minimum Gasteiger partial charge on any atom is -0.497 e. The molecule has 0 fully saturated rings. The zero-order chi connectivity index (χ0) is 22.1. The van der Waals surface area contributed by atoms with Crippen LogP contribution in [-0.2, 0) is 18.3 Å². The zero-order valence-corrected chi connectivity index (χ0v) is 18.8. The van der Waals surface area contributed by atoms with E-state index in [-0.39, 0.29) is 17.8 Å². The largest absolute Gasteiger partial charge is 0.497 e. The number of amides is 1. The first-order valence-corrected chi connectivity index (χ1v) is 11.5. The van der Waals surface area contributed by atoms with Gasteiger partial charge in [0.25, 0.3) is 0 Å². The molecule has 166 valence electrons. The summed E-state index contributed by atoms with van der Waals surface area (Å²) in [5, 5.41) is 9.26. The minimum atomic E-state index is -0.351. The lowest BCUT2D eigenvalue weighted by Crippen LogP contribution is -2.36. The molecule has 3 aromatic rings. The smallest absolute Gasteiger partial charge is 0.237 e. The number of rotatable bonds is 5. The molecule has 1 unspecified atom stereocenters. The lowest BCUT2D eigenvalue weighted by atomic mass is 10.0. The van der Waals surface area contributed by atoms with Gasteiger partial charge in [0, 0.05) is 19.3 Å². The Hall–Kier alpha value is -3.20. The van der Waals surface area contributed by atoms with Crippen LogP contribution in [0.2, 0.25) is 0 Å². The number of hydrogen-bond donors (Lipinski definition) is 0. The monoisotopic (exact) mass is 452 g/mol. The van der Waals surface area contributed by atoms with Gasteiger partial charge in [0.1, 0.15) is 12.4 Å². The first-order chi connectivity index (χ1) is 15.6. The lowest BCUT2D eigenvalue weighted by molar-refractivity contribution is -0.116. The van der Waals surface area contributed by atoms with Crippen LogP contribution in [0.1, 0.15) is 23.9 Å². The number of carbonyl (C=O) groups excluding carboxylic acids is 1. The van der Waals surface area contributed by atoms with Gasteiger partial charge in [-0.2, -0.15) is 0 Å². The van der Waals surface area contributed by atoms with E-state index in [1.165, 1.54) is 11.8 Å². The average Bonchev–Trinajstić information content (AvgIpc) is 3.21. The summed E-state index contributed by atoms with van der Waals surface area (Å²) in [5.74, 6) is 3.24. The van der Waals surface area contributed by atoms with Crippen molar-refractivity contribution in [2.75, 3.05) is 30.9 Å². The number of fused-ring (bicyclic) bond motifs is 2. The maximum Gasteiger partial charge on any atom is 0.237 e. The van der Waals surface area contributed by atoms with Gasteiger partial charge in [0.05, 0.1) is 12.9 Å². The number of nitrogens with zero attached hydrogens (tertiary/aromatic N) is 4. The van der Waals surface area contributed by atoms with Crippen LogP contribution in [0.3, 0.4) is 0 Å². The van der Waals surface area contributed by atoms with Gasteiger partial charge in [-0.05, 0) is 48.7 Å². The molecule has 9 heteroatoms. The van der Waals surface area contributed by atoms with Gasteiger partial charge in [-0.3, -0.25) is 4.79 Å². The molecule has 2 aliphatic heterocycles. The van der Waals surface area contributed by atoms with Crippen LogP contribution < -0.4 is 19.1 Å². The molecule has 1 aromatic heterocycles. The molecule has 8 nitrogen and oxygen atoms in total. The first kappa shape index (κ1) is 20.7. The molecule has 0 bridgehead atoms. The normalized spacial score (nSPS) is 17.1. The number of hydrogen-bond acceptors (Lipinski definition) is 7. The number of para-hydroxylation sites is 2. The van der Waals surface area contributed by atoms with E-state index in [0.717, 1.165) is 42.1 Å². The molecule has 0 spiro atoms. The number of aromatic nitrogens is 3. The molecule has 32 heavy (non-hydrogen) atoms. The second kappa shape index (κ2) is 8.74. The standard InChI is InChI=1S/C23H24N4O4S/c1-26-22(20-13-30-18-7-3-4-8-19(18)31-20)24-25-23(26)32-14-21(28)27-11-5-6-15-12-16(29-2)9-10-17(15)27/h3-4,7-10,12,20H,5-6,11,13-14H2,1-2H3. The predicted octanol–water partition coefficient (Wildman–Crippen LogP) is 3.41. The predicted molar refractivity (Wildman–Crippen MR) is 121 cm³/mol. The van der Waals surface area contributed by atoms with Crippen LogP contribution >= 0.6 is 11.8 Å². The second-order valence-electron chi connectivity index (χ2n) is 7.70. The fourth-order valence-corrected chi connectivity index (χ4v) is 4.84. The van der Waals surface area contributed by atoms with Crippen molar-refractivity contribution in [3.05, 3.63) is 53.9 Å². The highest BCUT2D eigenvalue weighted by Crippen LogP contribution is 2.36. The summed E-state index contributed by atoms with van der Waals surface area (Å²) in [6.07, 6.45) is 1.53. The van der Waals surface area contributed by atoms with Crippen LogP contribution in [0.4, 0.5) is 5.69 Å². The van der Waals surface area contributed by atoms with Crippen molar-refractivity contribution in [1.82, 2.24) is 14.8 Å². The Bertz CT molecular complexity index is 1150. The fourth-order valence-electron chi connectivity index (χ4n) is 4.04. The molecule has 0 saturated heterocycles. The van der Waals surface area contributed by atoms with Gasteiger partial charge < -0.3 is 23.7 Å². The molecule has 0 radical (unpaired) electrons. The summed E-state index contributed by atoms with van der Waals surface area (Å²) in [6.45, 7) is 1.08. The maximum atomic E-state index is 13.0. The molecule has 0 N–H and O–H groups in total. The van der Waals surface area contributed by atoms with E-state index in [1.54, 1.807) is 7.11 Å². The van der Waals surface area contributed by atoms with Crippen LogP contribution in [0.25, 0.3) is 0 Å². The number of carbonyl (C=O) groups is 1. The Kier molecular flexibility index (Phi) is 5.65. The summed E-state index contributed by atoms with van der Waals surface area (Å²) in [4.78, 5) is 14.9. The SMILES string of the molecule is COc1ccc2c(c1)CCCN2C(=O)CSc1nnc(C2COc3ccccc3O2)n1C. The Morgan fingerprint density at radius 3 is 2.91 bits per heavy atom. The van der Waals surface area contributed by atoms with Gasteiger partial charge in [0.2, 0.25) is 5.91 Å². The molecular weight excluding hydrogens is 428 g/mol. The highest BCUT2D eigenvalue weighted by molar-refractivity contribution is 7.99. The van der Waals surface area contributed by atoms with Crippen LogP contribution in [0, 0.1) is 0 Å². The van der Waals surface area contributed by atoms with Crippen LogP contribution in [-0.4, -0.2) is 46.7 Å². The lowest BCUT2D eigenvalue weighted by Gasteiger charge is -2.29. The molecule has 2 aliphatic rings. The summed E-state index contributed by atoms with van der Waals surface area (Å²) in [6, 6.07) is 13.5. The number of methoxy groups -OCH3 is 1. The number of aryl methyl sites for hydroxylation is 1. The van der Waals surface area contributed by atoms with E-state index in [1.807, 2.05) is 59.0 Å². The molecule has 3 heterocycles. The molecular formula is C23H24N4O4S. The van der Waals surface area contributed by atoms with Crippen molar-refractivity contribution in [1.29, 1.82) is 0 Å². The Morgan fingerprint density at radius 1 is 1.22 bits per heavy atom. The summed E-state index contributed by atoms with van der Waals surface area (Å²) in [7, 11) is 3.54. The third-order valence-electron chi connectivity index (χ3n) is 5.70. The van der Waals surface area contributed by atoms with Crippen LogP contribution in [0.15, 0.2) is 47.6 Å². The Labute approximate surface area is 190 Å². The van der Waals surface area contributed by atoms with Crippen molar-refractivity contribution in [2.24, 2.45) is 7.05 Å². The van der Waals surface area contributed by atoms with E-state index < -0.39 is 0 Å². The van der Waals surface area contributed by atoms with Gasteiger partial charge in [0.15, 0.2) is 28.6 Å².